The third-order valence-electron chi connectivity index (χ3n) is 3.96. The van der Waals surface area contributed by atoms with Crippen LogP contribution in [0, 0.1) is 0 Å². The van der Waals surface area contributed by atoms with Gasteiger partial charge in [0.05, 0.1) is 11.7 Å². The first-order valence-electron chi connectivity index (χ1n) is 7.50. The molecule has 1 aliphatic rings. The predicted octanol–water partition coefficient (Wildman–Crippen LogP) is 2.64. The Kier molecular flexibility index (Phi) is 4.40. The van der Waals surface area contributed by atoms with E-state index in [0.29, 0.717) is 12.0 Å². The van der Waals surface area contributed by atoms with E-state index in [0.717, 1.165) is 25.2 Å². The Hall–Kier alpha value is -2.01. The lowest BCUT2D eigenvalue weighted by Gasteiger charge is -2.35. The van der Waals surface area contributed by atoms with Gasteiger partial charge >= 0.3 is 0 Å². The number of anilines is 1. The Morgan fingerprint density at radius 2 is 2.24 bits per heavy atom. The number of pyridine rings is 1. The first-order valence-corrected chi connectivity index (χ1v) is 7.50. The highest BCUT2D eigenvalue weighted by molar-refractivity contribution is 5.25. The van der Waals surface area contributed by atoms with Gasteiger partial charge in [0, 0.05) is 32.2 Å². The summed E-state index contributed by atoms with van der Waals surface area (Å²) in [6.45, 7) is 2.04. The molecule has 2 aromatic rings. The molecular weight excluding hydrogens is 262 g/mol. The SMILES string of the molecule is CNc1nccc(C2CCCCN2Cc2cccnc2)n1. The summed E-state index contributed by atoms with van der Waals surface area (Å²) in [5, 5.41) is 3.02. The lowest BCUT2D eigenvalue weighted by Crippen LogP contribution is -2.33. The van der Waals surface area contributed by atoms with Gasteiger partial charge in [0.15, 0.2) is 0 Å². The fourth-order valence-corrected chi connectivity index (χ4v) is 2.92. The number of aromatic nitrogens is 3. The van der Waals surface area contributed by atoms with Crippen LogP contribution in [0.2, 0.25) is 0 Å². The van der Waals surface area contributed by atoms with Crippen molar-refractivity contribution in [3.63, 3.8) is 0 Å². The van der Waals surface area contributed by atoms with E-state index in [4.69, 9.17) is 0 Å². The zero-order valence-corrected chi connectivity index (χ0v) is 12.4. The summed E-state index contributed by atoms with van der Waals surface area (Å²) in [6.07, 6.45) is 9.27. The smallest absolute Gasteiger partial charge is 0.222 e. The van der Waals surface area contributed by atoms with Crippen LogP contribution in [0.5, 0.6) is 0 Å². The number of hydrogen-bond acceptors (Lipinski definition) is 5. The van der Waals surface area contributed by atoms with Crippen molar-refractivity contribution >= 4 is 5.95 Å². The van der Waals surface area contributed by atoms with E-state index < -0.39 is 0 Å². The Bertz CT molecular complexity index is 572. The van der Waals surface area contributed by atoms with Gasteiger partial charge in [-0.05, 0) is 37.1 Å². The van der Waals surface area contributed by atoms with Gasteiger partial charge in [-0.3, -0.25) is 9.88 Å². The second-order valence-corrected chi connectivity index (χ2v) is 5.40. The number of piperidine rings is 1. The van der Waals surface area contributed by atoms with Crippen LogP contribution in [0.25, 0.3) is 0 Å². The maximum absolute atomic E-state index is 4.63. The number of likely N-dealkylation sites (tertiary alicyclic amines) is 1. The van der Waals surface area contributed by atoms with Crippen LogP contribution in [-0.2, 0) is 6.54 Å². The van der Waals surface area contributed by atoms with Crippen LogP contribution in [0.4, 0.5) is 5.95 Å². The van der Waals surface area contributed by atoms with Crippen LogP contribution < -0.4 is 5.32 Å². The molecule has 1 atom stereocenters. The van der Waals surface area contributed by atoms with Crippen LogP contribution in [0.1, 0.15) is 36.6 Å². The number of rotatable bonds is 4. The minimum atomic E-state index is 0.369. The molecule has 0 amide bonds. The predicted molar refractivity (Wildman–Crippen MR) is 82.8 cm³/mol. The molecule has 0 bridgehead atoms. The molecule has 3 rings (SSSR count). The lowest BCUT2D eigenvalue weighted by atomic mass is 9.98. The molecule has 110 valence electrons. The van der Waals surface area contributed by atoms with E-state index in [1.54, 1.807) is 0 Å². The zero-order valence-electron chi connectivity index (χ0n) is 12.4. The first kappa shape index (κ1) is 13.9. The normalized spacial score (nSPS) is 19.4. The second kappa shape index (κ2) is 6.63. The first-order chi connectivity index (χ1) is 10.4. The molecule has 21 heavy (non-hydrogen) atoms. The summed E-state index contributed by atoms with van der Waals surface area (Å²) < 4.78 is 0. The van der Waals surface area contributed by atoms with E-state index in [-0.39, 0.29) is 0 Å². The van der Waals surface area contributed by atoms with Gasteiger partial charge in [0.2, 0.25) is 5.95 Å². The Morgan fingerprint density at radius 1 is 1.29 bits per heavy atom. The highest BCUT2D eigenvalue weighted by atomic mass is 15.2. The largest absolute Gasteiger partial charge is 0.357 e. The van der Waals surface area contributed by atoms with Gasteiger partial charge in [-0.15, -0.1) is 0 Å². The van der Waals surface area contributed by atoms with Crippen molar-refractivity contribution in [3.05, 3.63) is 48.0 Å². The molecule has 0 saturated carbocycles. The highest BCUT2D eigenvalue weighted by Crippen LogP contribution is 2.31. The van der Waals surface area contributed by atoms with Crippen molar-refractivity contribution in [1.82, 2.24) is 19.9 Å². The van der Waals surface area contributed by atoms with E-state index in [9.17, 15) is 0 Å². The van der Waals surface area contributed by atoms with Crippen molar-refractivity contribution in [2.75, 3.05) is 18.9 Å². The second-order valence-electron chi connectivity index (χ2n) is 5.40. The Morgan fingerprint density at radius 3 is 3.05 bits per heavy atom. The Balaban J connectivity index is 1.80. The fourth-order valence-electron chi connectivity index (χ4n) is 2.92. The molecule has 1 N–H and O–H groups in total. The topological polar surface area (TPSA) is 53.9 Å². The molecule has 0 radical (unpaired) electrons. The molecule has 3 heterocycles. The van der Waals surface area contributed by atoms with E-state index in [1.807, 2.05) is 37.8 Å². The fraction of sp³-hybridized carbons (Fsp3) is 0.438. The van der Waals surface area contributed by atoms with Crippen LogP contribution >= 0.6 is 0 Å². The maximum Gasteiger partial charge on any atom is 0.222 e. The number of nitrogens with zero attached hydrogens (tertiary/aromatic N) is 4. The molecule has 2 aromatic heterocycles. The van der Waals surface area contributed by atoms with Crippen molar-refractivity contribution in [2.45, 2.75) is 31.8 Å². The molecule has 5 nitrogen and oxygen atoms in total. The van der Waals surface area contributed by atoms with Gasteiger partial charge in [-0.25, -0.2) is 9.97 Å². The van der Waals surface area contributed by atoms with Gasteiger partial charge in [0.25, 0.3) is 0 Å². The minimum absolute atomic E-state index is 0.369. The molecule has 0 aromatic carbocycles. The summed E-state index contributed by atoms with van der Waals surface area (Å²) in [4.78, 5) is 15.6. The molecule has 5 heteroatoms. The number of nitrogens with one attached hydrogen (secondary N) is 1. The third-order valence-corrected chi connectivity index (χ3v) is 3.96. The number of hydrogen-bond donors (Lipinski definition) is 1. The summed E-state index contributed by atoms with van der Waals surface area (Å²) in [7, 11) is 1.85. The zero-order chi connectivity index (χ0) is 14.5. The quantitative estimate of drug-likeness (QED) is 0.935. The van der Waals surface area contributed by atoms with Crippen molar-refractivity contribution < 1.29 is 0 Å². The van der Waals surface area contributed by atoms with Crippen molar-refractivity contribution in [1.29, 1.82) is 0 Å². The molecular formula is C16H21N5. The van der Waals surface area contributed by atoms with E-state index in [1.165, 1.54) is 18.4 Å². The van der Waals surface area contributed by atoms with Crippen LogP contribution in [-0.4, -0.2) is 33.4 Å². The van der Waals surface area contributed by atoms with Crippen LogP contribution in [0.3, 0.4) is 0 Å². The third kappa shape index (κ3) is 3.36. The van der Waals surface area contributed by atoms with Crippen molar-refractivity contribution in [3.8, 4) is 0 Å². The molecule has 0 spiro atoms. The monoisotopic (exact) mass is 283 g/mol. The average molecular weight is 283 g/mol. The van der Waals surface area contributed by atoms with Crippen molar-refractivity contribution in [2.24, 2.45) is 0 Å². The highest BCUT2D eigenvalue weighted by Gasteiger charge is 2.25. The molecule has 0 aliphatic carbocycles. The summed E-state index contributed by atoms with van der Waals surface area (Å²) in [5.41, 5.74) is 2.37. The maximum atomic E-state index is 4.63. The van der Waals surface area contributed by atoms with Gasteiger partial charge in [0.1, 0.15) is 0 Å². The van der Waals surface area contributed by atoms with Gasteiger partial charge < -0.3 is 5.32 Å². The Labute approximate surface area is 125 Å². The summed E-state index contributed by atoms with van der Waals surface area (Å²) >= 11 is 0. The average Bonchev–Trinajstić information content (AvgIpc) is 2.56. The van der Waals surface area contributed by atoms with E-state index in [2.05, 4.69) is 31.2 Å². The molecule has 1 saturated heterocycles. The van der Waals surface area contributed by atoms with Gasteiger partial charge in [-0.1, -0.05) is 12.5 Å². The minimum Gasteiger partial charge on any atom is -0.357 e. The van der Waals surface area contributed by atoms with Crippen LogP contribution in [0.15, 0.2) is 36.8 Å². The molecule has 1 unspecified atom stereocenters. The standard InChI is InChI=1S/C16H21N5/c1-17-16-19-9-7-14(20-16)15-6-2-3-10-21(15)12-13-5-4-8-18-11-13/h4-5,7-9,11,15H,2-3,6,10,12H2,1H3,(H,17,19,20). The van der Waals surface area contributed by atoms with E-state index >= 15 is 0 Å². The lowest BCUT2D eigenvalue weighted by molar-refractivity contribution is 0.137. The van der Waals surface area contributed by atoms with Gasteiger partial charge in [-0.2, -0.15) is 0 Å². The summed E-state index contributed by atoms with van der Waals surface area (Å²) in [6, 6.07) is 6.54. The molecule has 1 aliphatic heterocycles. The molecule has 1 fully saturated rings. The summed E-state index contributed by atoms with van der Waals surface area (Å²) in [5.74, 6) is 0.694.